The van der Waals surface area contributed by atoms with Gasteiger partial charge in [0.1, 0.15) is 0 Å². The molecule has 1 amide bonds. The van der Waals surface area contributed by atoms with Crippen molar-refractivity contribution in [3.63, 3.8) is 0 Å². The summed E-state index contributed by atoms with van der Waals surface area (Å²) in [6.45, 7) is 0.629. The molecule has 1 saturated carbocycles. The predicted molar refractivity (Wildman–Crippen MR) is 52.7 cm³/mol. The number of carbonyl (C=O) groups excluding carboxylic acids is 1. The Morgan fingerprint density at radius 1 is 1.43 bits per heavy atom. The number of amides is 1. The Labute approximate surface area is 84.2 Å². The lowest BCUT2D eigenvalue weighted by atomic mass is 10.2. The van der Waals surface area contributed by atoms with Crippen LogP contribution < -0.4 is 11.1 Å². The molecule has 3 atom stereocenters. The van der Waals surface area contributed by atoms with Crippen LogP contribution in [0.25, 0.3) is 0 Å². The van der Waals surface area contributed by atoms with E-state index in [1.807, 2.05) is 0 Å². The van der Waals surface area contributed by atoms with E-state index in [2.05, 4.69) is 5.32 Å². The highest BCUT2D eigenvalue weighted by molar-refractivity contribution is 5.78. The van der Waals surface area contributed by atoms with E-state index < -0.39 is 0 Å². The average molecular weight is 198 g/mol. The summed E-state index contributed by atoms with van der Waals surface area (Å²) in [5.41, 5.74) is 5.88. The molecule has 80 valence electrons. The molecule has 0 aromatic heterocycles. The Balaban J connectivity index is 1.69. The number of carbonyl (C=O) groups is 1. The van der Waals surface area contributed by atoms with Gasteiger partial charge in [0.25, 0.3) is 0 Å². The van der Waals surface area contributed by atoms with Crippen LogP contribution in [0.1, 0.15) is 32.1 Å². The van der Waals surface area contributed by atoms with E-state index in [9.17, 15) is 4.79 Å². The molecule has 4 heteroatoms. The van der Waals surface area contributed by atoms with Crippen molar-refractivity contribution in [1.82, 2.24) is 5.32 Å². The molecule has 3 N–H and O–H groups in total. The second-order valence-electron chi connectivity index (χ2n) is 4.27. The average Bonchev–Trinajstić information content (AvgIpc) is 2.72. The van der Waals surface area contributed by atoms with Crippen LogP contribution in [0.5, 0.6) is 0 Å². The van der Waals surface area contributed by atoms with Gasteiger partial charge in [0.05, 0.1) is 18.8 Å². The third-order valence-corrected chi connectivity index (χ3v) is 3.10. The largest absolute Gasteiger partial charge is 0.374 e. The minimum absolute atomic E-state index is 0.148. The van der Waals surface area contributed by atoms with Gasteiger partial charge in [-0.1, -0.05) is 0 Å². The van der Waals surface area contributed by atoms with E-state index in [1.54, 1.807) is 0 Å². The van der Waals surface area contributed by atoms with Gasteiger partial charge >= 0.3 is 0 Å². The molecule has 0 radical (unpaired) electrons. The molecule has 1 heterocycles. The Morgan fingerprint density at radius 2 is 2.29 bits per heavy atom. The fourth-order valence-electron chi connectivity index (χ4n) is 2.20. The minimum atomic E-state index is 0.148. The van der Waals surface area contributed by atoms with Crippen molar-refractivity contribution < 1.29 is 9.53 Å². The van der Waals surface area contributed by atoms with E-state index in [4.69, 9.17) is 10.5 Å². The van der Waals surface area contributed by atoms with Gasteiger partial charge in [0.15, 0.2) is 0 Å². The summed E-state index contributed by atoms with van der Waals surface area (Å²) in [6.07, 6.45) is 5.07. The topological polar surface area (TPSA) is 64.3 Å². The van der Waals surface area contributed by atoms with Crippen LogP contribution in [0.3, 0.4) is 0 Å². The summed E-state index contributed by atoms with van der Waals surface area (Å²) in [4.78, 5) is 10.9. The zero-order valence-corrected chi connectivity index (χ0v) is 8.37. The first kappa shape index (κ1) is 9.93. The highest BCUT2D eigenvalue weighted by atomic mass is 16.5. The Bertz CT molecular complexity index is 220. The lowest BCUT2D eigenvalue weighted by Crippen LogP contribution is -2.36. The van der Waals surface area contributed by atoms with Gasteiger partial charge in [0, 0.05) is 12.5 Å². The summed E-state index contributed by atoms with van der Waals surface area (Å²) < 4.78 is 5.71. The first-order valence-corrected chi connectivity index (χ1v) is 5.42. The number of hydrogen-bond acceptors (Lipinski definition) is 3. The summed E-state index contributed by atoms with van der Waals surface area (Å²) in [7, 11) is 0. The van der Waals surface area contributed by atoms with E-state index in [-0.39, 0.29) is 24.1 Å². The molecular formula is C10H18N2O2. The fraction of sp³-hybridized carbons (Fsp3) is 0.900. The minimum Gasteiger partial charge on any atom is -0.374 e. The van der Waals surface area contributed by atoms with Gasteiger partial charge in [-0.3, -0.25) is 4.79 Å². The van der Waals surface area contributed by atoms with E-state index in [0.29, 0.717) is 13.0 Å². The smallest absolute Gasteiger partial charge is 0.220 e. The Hall–Kier alpha value is -0.610. The number of nitrogens with one attached hydrogen (secondary N) is 1. The van der Waals surface area contributed by atoms with Crippen LogP contribution >= 0.6 is 0 Å². The van der Waals surface area contributed by atoms with Crippen LogP contribution in [0.4, 0.5) is 0 Å². The van der Waals surface area contributed by atoms with E-state index in [0.717, 1.165) is 19.3 Å². The van der Waals surface area contributed by atoms with Crippen molar-refractivity contribution in [1.29, 1.82) is 0 Å². The van der Waals surface area contributed by atoms with Gasteiger partial charge in [-0.25, -0.2) is 0 Å². The highest BCUT2D eigenvalue weighted by Crippen LogP contribution is 2.21. The summed E-state index contributed by atoms with van der Waals surface area (Å²) in [5.74, 6) is 0.148. The van der Waals surface area contributed by atoms with Gasteiger partial charge in [-0.2, -0.15) is 0 Å². The molecule has 1 aliphatic heterocycles. The Morgan fingerprint density at radius 3 is 2.86 bits per heavy atom. The van der Waals surface area contributed by atoms with Crippen LogP contribution in [0, 0.1) is 0 Å². The first-order chi connectivity index (χ1) is 6.75. The molecule has 1 saturated heterocycles. The van der Waals surface area contributed by atoms with Crippen LogP contribution in [-0.2, 0) is 9.53 Å². The second kappa shape index (κ2) is 4.28. The van der Waals surface area contributed by atoms with Gasteiger partial charge in [-0.15, -0.1) is 0 Å². The molecular weight excluding hydrogens is 180 g/mol. The van der Waals surface area contributed by atoms with Crippen molar-refractivity contribution in [3.8, 4) is 0 Å². The number of ether oxygens (including phenoxy) is 1. The standard InChI is InChI=1S/C10H18N2O2/c11-8-2-1-3-9(8)14-6-7-4-5-10(13)12-7/h7-9H,1-6,11H2,(H,12,13). The van der Waals surface area contributed by atoms with Crippen molar-refractivity contribution in [2.24, 2.45) is 5.73 Å². The van der Waals surface area contributed by atoms with Crippen LogP contribution in [0.2, 0.25) is 0 Å². The molecule has 0 bridgehead atoms. The molecule has 4 nitrogen and oxygen atoms in total. The van der Waals surface area contributed by atoms with Crippen molar-refractivity contribution >= 4 is 5.91 Å². The number of hydrogen-bond donors (Lipinski definition) is 2. The molecule has 1 aliphatic carbocycles. The Kier molecular flexibility index (Phi) is 3.03. The highest BCUT2D eigenvalue weighted by Gasteiger charge is 2.27. The maximum Gasteiger partial charge on any atom is 0.220 e. The SMILES string of the molecule is NC1CCCC1OCC1CCC(=O)N1. The molecule has 2 fully saturated rings. The van der Waals surface area contributed by atoms with Crippen molar-refractivity contribution in [3.05, 3.63) is 0 Å². The van der Waals surface area contributed by atoms with Crippen molar-refractivity contribution in [2.45, 2.75) is 50.3 Å². The normalized spacial score (nSPS) is 37.5. The lowest BCUT2D eigenvalue weighted by molar-refractivity contribution is -0.119. The summed E-state index contributed by atoms with van der Waals surface area (Å²) in [6, 6.07) is 0.419. The molecule has 3 unspecified atom stereocenters. The molecule has 0 aromatic rings. The summed E-state index contributed by atoms with van der Waals surface area (Å²) >= 11 is 0. The van der Waals surface area contributed by atoms with Crippen LogP contribution in [-0.4, -0.2) is 30.7 Å². The molecule has 0 spiro atoms. The maximum atomic E-state index is 10.9. The van der Waals surface area contributed by atoms with E-state index in [1.165, 1.54) is 6.42 Å². The summed E-state index contributed by atoms with van der Waals surface area (Å²) in [5, 5.41) is 2.89. The van der Waals surface area contributed by atoms with Crippen LogP contribution in [0.15, 0.2) is 0 Å². The van der Waals surface area contributed by atoms with E-state index >= 15 is 0 Å². The number of nitrogens with two attached hydrogens (primary N) is 1. The van der Waals surface area contributed by atoms with Gasteiger partial charge < -0.3 is 15.8 Å². The fourth-order valence-corrected chi connectivity index (χ4v) is 2.20. The molecule has 2 aliphatic rings. The molecule has 2 rings (SSSR count). The monoisotopic (exact) mass is 198 g/mol. The molecule has 0 aromatic carbocycles. The lowest BCUT2D eigenvalue weighted by Gasteiger charge is -2.19. The first-order valence-electron chi connectivity index (χ1n) is 5.42. The third kappa shape index (κ3) is 2.25. The van der Waals surface area contributed by atoms with Gasteiger partial charge in [-0.05, 0) is 25.7 Å². The van der Waals surface area contributed by atoms with Crippen molar-refractivity contribution in [2.75, 3.05) is 6.61 Å². The zero-order valence-electron chi connectivity index (χ0n) is 8.37. The predicted octanol–water partition coefficient (Wildman–Crippen LogP) is 0.161. The molecule has 14 heavy (non-hydrogen) atoms. The number of rotatable bonds is 3. The third-order valence-electron chi connectivity index (χ3n) is 3.10. The maximum absolute atomic E-state index is 10.9. The second-order valence-corrected chi connectivity index (χ2v) is 4.27. The van der Waals surface area contributed by atoms with Gasteiger partial charge in [0.2, 0.25) is 5.91 Å². The zero-order chi connectivity index (χ0) is 9.97. The quantitative estimate of drug-likeness (QED) is 0.679.